The van der Waals surface area contributed by atoms with Crippen LogP contribution in [-0.2, 0) is 24.7 Å². The molecule has 7 nitrogen and oxygen atoms in total. The Labute approximate surface area is 178 Å². The van der Waals surface area contributed by atoms with Crippen LogP contribution in [0.1, 0.15) is 24.5 Å². The van der Waals surface area contributed by atoms with Gasteiger partial charge in [-0.3, -0.25) is 4.79 Å². The molecule has 2 aromatic rings. The smallest absolute Gasteiger partial charge is 0.241 e. The van der Waals surface area contributed by atoms with Crippen molar-refractivity contribution < 1.29 is 21.6 Å². The normalized spacial score (nSPS) is 18.4. The fourth-order valence-corrected chi connectivity index (χ4v) is 6.84. The van der Waals surface area contributed by atoms with E-state index in [0.717, 1.165) is 5.56 Å². The lowest BCUT2D eigenvalue weighted by atomic mass is 10.2. The molecule has 1 aliphatic rings. The van der Waals surface area contributed by atoms with Crippen LogP contribution in [-0.4, -0.2) is 52.0 Å². The van der Waals surface area contributed by atoms with Crippen LogP contribution in [0.2, 0.25) is 0 Å². The second-order valence-corrected chi connectivity index (χ2v) is 11.6. The topological polar surface area (TPSA) is 101 Å². The quantitative estimate of drug-likeness (QED) is 0.726. The molecular formula is C21H26N2O5S2. The number of nitrogens with one attached hydrogen (secondary N) is 1. The number of nitrogens with zero attached hydrogens (tertiary/aromatic N) is 1. The van der Waals surface area contributed by atoms with E-state index in [9.17, 15) is 21.6 Å². The van der Waals surface area contributed by atoms with Gasteiger partial charge >= 0.3 is 0 Å². The first-order chi connectivity index (χ1) is 14.0. The zero-order chi connectivity index (χ0) is 22.1. The fraction of sp³-hybridized carbons (Fsp3) is 0.381. The third-order valence-corrected chi connectivity index (χ3v) is 9.18. The molecule has 1 saturated heterocycles. The Morgan fingerprint density at radius 3 is 2.40 bits per heavy atom. The molecule has 1 amide bonds. The molecule has 0 aliphatic carbocycles. The van der Waals surface area contributed by atoms with Gasteiger partial charge in [0.2, 0.25) is 15.9 Å². The minimum absolute atomic E-state index is 0.0472. The van der Waals surface area contributed by atoms with Crippen molar-refractivity contribution in [3.05, 3.63) is 59.7 Å². The summed E-state index contributed by atoms with van der Waals surface area (Å²) in [7, 11) is -7.44. The van der Waals surface area contributed by atoms with Gasteiger partial charge in [0.15, 0.2) is 9.84 Å². The highest BCUT2D eigenvalue weighted by Gasteiger charge is 2.38. The molecule has 30 heavy (non-hydrogen) atoms. The van der Waals surface area contributed by atoms with Gasteiger partial charge in [0.05, 0.1) is 21.1 Å². The highest BCUT2D eigenvalue weighted by molar-refractivity contribution is 7.92. The van der Waals surface area contributed by atoms with Gasteiger partial charge < -0.3 is 4.90 Å². The lowest BCUT2D eigenvalue weighted by Gasteiger charge is -2.22. The molecule has 2 atom stereocenters. The SMILES string of the molecule is Cc1ccc(C)c(S(=O)(=O)NC(C)C(=O)N2CCC(S(=O)(=O)c3ccccc3)C2)c1. The number of rotatable bonds is 6. The average molecular weight is 451 g/mol. The van der Waals surface area contributed by atoms with Crippen molar-refractivity contribution in [2.75, 3.05) is 13.1 Å². The standard InChI is InChI=1S/C21H26N2O5S2/c1-15-9-10-16(2)20(13-15)30(27,28)22-17(3)21(24)23-12-11-19(14-23)29(25,26)18-7-5-4-6-8-18/h4-10,13,17,19,22H,11-12,14H2,1-3H3. The van der Waals surface area contributed by atoms with Crippen molar-refractivity contribution in [3.63, 3.8) is 0 Å². The second-order valence-electron chi connectivity index (χ2n) is 7.66. The van der Waals surface area contributed by atoms with Crippen LogP contribution in [0, 0.1) is 13.8 Å². The lowest BCUT2D eigenvalue weighted by molar-refractivity contribution is -0.131. The van der Waals surface area contributed by atoms with Crippen LogP contribution >= 0.6 is 0 Å². The maximum Gasteiger partial charge on any atom is 0.241 e. The van der Waals surface area contributed by atoms with Gasteiger partial charge in [0.25, 0.3) is 0 Å². The van der Waals surface area contributed by atoms with E-state index >= 15 is 0 Å². The minimum atomic E-state index is -3.89. The number of benzene rings is 2. The number of aryl methyl sites for hydroxylation is 2. The maximum atomic E-state index is 12.8. The van der Waals surface area contributed by atoms with Crippen molar-refractivity contribution in [2.45, 2.75) is 48.3 Å². The minimum Gasteiger partial charge on any atom is -0.340 e. The van der Waals surface area contributed by atoms with Gasteiger partial charge in [-0.2, -0.15) is 4.72 Å². The summed E-state index contributed by atoms with van der Waals surface area (Å²) in [5.41, 5.74) is 1.39. The Bertz CT molecular complexity index is 1150. The first kappa shape index (κ1) is 22.5. The van der Waals surface area contributed by atoms with Gasteiger partial charge in [0, 0.05) is 13.1 Å². The molecule has 162 valence electrons. The Morgan fingerprint density at radius 1 is 1.07 bits per heavy atom. The molecule has 0 radical (unpaired) electrons. The van der Waals surface area contributed by atoms with E-state index in [1.165, 1.54) is 11.8 Å². The first-order valence-electron chi connectivity index (χ1n) is 9.69. The number of carbonyl (C=O) groups excluding carboxylic acids is 1. The summed E-state index contributed by atoms with van der Waals surface area (Å²) in [6.07, 6.45) is 0.319. The summed E-state index contributed by atoms with van der Waals surface area (Å²) >= 11 is 0. The summed E-state index contributed by atoms with van der Waals surface area (Å²) in [6, 6.07) is 12.2. The number of sulfonamides is 1. The van der Waals surface area contributed by atoms with E-state index < -0.39 is 37.1 Å². The Morgan fingerprint density at radius 2 is 1.73 bits per heavy atom. The van der Waals surface area contributed by atoms with Gasteiger partial charge in [-0.15, -0.1) is 0 Å². The molecule has 1 fully saturated rings. The van der Waals surface area contributed by atoms with E-state index in [2.05, 4.69) is 4.72 Å². The predicted octanol–water partition coefficient (Wildman–Crippen LogP) is 2.05. The lowest BCUT2D eigenvalue weighted by Crippen LogP contribution is -2.46. The molecule has 2 aromatic carbocycles. The number of sulfone groups is 1. The molecule has 0 saturated carbocycles. The third kappa shape index (κ3) is 4.58. The summed E-state index contributed by atoms with van der Waals surface area (Å²) < 4.78 is 53.6. The summed E-state index contributed by atoms with van der Waals surface area (Å²) in [5, 5.41) is -0.702. The summed E-state index contributed by atoms with van der Waals surface area (Å²) in [5.74, 6) is -0.436. The number of hydrogen-bond donors (Lipinski definition) is 1. The molecule has 0 spiro atoms. The zero-order valence-electron chi connectivity index (χ0n) is 17.2. The molecule has 9 heteroatoms. The summed E-state index contributed by atoms with van der Waals surface area (Å²) in [4.78, 5) is 14.6. The molecular weight excluding hydrogens is 424 g/mol. The highest BCUT2D eigenvalue weighted by atomic mass is 32.2. The third-order valence-electron chi connectivity index (χ3n) is 5.30. The fourth-order valence-electron chi connectivity index (χ4n) is 3.60. The molecule has 0 aromatic heterocycles. The number of amides is 1. The number of hydrogen-bond acceptors (Lipinski definition) is 5. The molecule has 2 unspecified atom stereocenters. The van der Waals surface area contributed by atoms with E-state index in [0.29, 0.717) is 12.0 Å². The van der Waals surface area contributed by atoms with Gasteiger partial charge in [-0.1, -0.05) is 30.3 Å². The summed E-state index contributed by atoms with van der Waals surface area (Å²) in [6.45, 7) is 5.28. The van der Waals surface area contributed by atoms with E-state index in [1.54, 1.807) is 56.3 Å². The number of likely N-dealkylation sites (tertiary alicyclic amines) is 1. The molecule has 1 aliphatic heterocycles. The van der Waals surface area contributed by atoms with Crippen molar-refractivity contribution in [1.82, 2.24) is 9.62 Å². The van der Waals surface area contributed by atoms with E-state index in [4.69, 9.17) is 0 Å². The Hall–Kier alpha value is -2.23. The molecule has 3 rings (SSSR count). The maximum absolute atomic E-state index is 12.8. The van der Waals surface area contributed by atoms with Crippen LogP contribution in [0.3, 0.4) is 0 Å². The van der Waals surface area contributed by atoms with Crippen molar-refractivity contribution in [2.24, 2.45) is 0 Å². The largest absolute Gasteiger partial charge is 0.340 e. The van der Waals surface area contributed by atoms with Crippen LogP contribution in [0.25, 0.3) is 0 Å². The van der Waals surface area contributed by atoms with Crippen molar-refractivity contribution >= 4 is 25.8 Å². The Kier molecular flexibility index (Phi) is 6.35. The average Bonchev–Trinajstić information content (AvgIpc) is 3.20. The zero-order valence-corrected chi connectivity index (χ0v) is 18.8. The van der Waals surface area contributed by atoms with Crippen molar-refractivity contribution in [3.8, 4) is 0 Å². The van der Waals surface area contributed by atoms with E-state index in [-0.39, 0.29) is 22.9 Å². The van der Waals surface area contributed by atoms with Crippen LogP contribution in [0.5, 0.6) is 0 Å². The molecule has 1 N–H and O–H groups in total. The molecule has 0 bridgehead atoms. The van der Waals surface area contributed by atoms with Gasteiger partial charge in [-0.25, -0.2) is 16.8 Å². The monoisotopic (exact) mass is 450 g/mol. The van der Waals surface area contributed by atoms with E-state index in [1.807, 2.05) is 6.07 Å². The predicted molar refractivity (Wildman–Crippen MR) is 114 cm³/mol. The van der Waals surface area contributed by atoms with Crippen LogP contribution < -0.4 is 4.72 Å². The van der Waals surface area contributed by atoms with Gasteiger partial charge in [-0.05, 0) is 56.5 Å². The first-order valence-corrected chi connectivity index (χ1v) is 12.7. The highest BCUT2D eigenvalue weighted by Crippen LogP contribution is 2.24. The molecule has 1 heterocycles. The van der Waals surface area contributed by atoms with Crippen LogP contribution in [0.4, 0.5) is 0 Å². The number of carbonyl (C=O) groups is 1. The van der Waals surface area contributed by atoms with Crippen molar-refractivity contribution in [1.29, 1.82) is 0 Å². The van der Waals surface area contributed by atoms with Gasteiger partial charge in [0.1, 0.15) is 0 Å². The second kappa shape index (κ2) is 8.49. The Balaban J connectivity index is 1.71. The van der Waals surface area contributed by atoms with Crippen LogP contribution in [0.15, 0.2) is 58.3 Å².